The predicted octanol–water partition coefficient (Wildman–Crippen LogP) is 1.78. The summed E-state index contributed by atoms with van der Waals surface area (Å²) in [7, 11) is 0. The molecule has 4 heteroatoms. The van der Waals surface area contributed by atoms with Crippen LogP contribution in [0.15, 0.2) is 41.0 Å². The predicted molar refractivity (Wildman–Crippen MR) is 53.9 cm³/mol. The van der Waals surface area contributed by atoms with Gasteiger partial charge in [-0.2, -0.15) is 0 Å². The van der Waals surface area contributed by atoms with Crippen molar-refractivity contribution in [3.63, 3.8) is 0 Å². The molecule has 0 amide bonds. The average molecular weight is 188 g/mol. The van der Waals surface area contributed by atoms with Gasteiger partial charge in [-0.25, -0.2) is 4.79 Å². The number of para-hydroxylation sites is 2. The fourth-order valence-electron chi connectivity index (χ4n) is 1.23. The third-order valence-corrected chi connectivity index (χ3v) is 1.80. The molecule has 2 rings (SSSR count). The first-order valence-corrected chi connectivity index (χ1v) is 4.10. The SMILES string of the molecule is O=C(O)C=C1C=Nc2ccccc2N1. The Morgan fingerprint density at radius 1 is 1.43 bits per heavy atom. The number of allylic oxidation sites excluding steroid dienone is 1. The Morgan fingerprint density at radius 3 is 3.00 bits per heavy atom. The molecule has 1 aliphatic rings. The zero-order chi connectivity index (χ0) is 9.97. The molecule has 0 saturated carbocycles. The molecule has 0 aliphatic carbocycles. The van der Waals surface area contributed by atoms with Gasteiger partial charge in [0, 0.05) is 6.08 Å². The molecule has 0 spiro atoms. The summed E-state index contributed by atoms with van der Waals surface area (Å²) in [5, 5.41) is 11.5. The number of nitrogens with one attached hydrogen (secondary N) is 1. The number of benzene rings is 1. The van der Waals surface area contributed by atoms with Gasteiger partial charge in [-0.05, 0) is 12.1 Å². The summed E-state index contributed by atoms with van der Waals surface area (Å²) in [6.07, 6.45) is 2.58. The van der Waals surface area contributed by atoms with E-state index in [1.54, 1.807) is 0 Å². The van der Waals surface area contributed by atoms with Gasteiger partial charge in [-0.15, -0.1) is 0 Å². The summed E-state index contributed by atoms with van der Waals surface area (Å²) in [6.45, 7) is 0. The number of carboxylic acids is 1. The number of hydrogen-bond acceptors (Lipinski definition) is 3. The van der Waals surface area contributed by atoms with Gasteiger partial charge in [0.2, 0.25) is 0 Å². The van der Waals surface area contributed by atoms with Crippen molar-refractivity contribution in [1.82, 2.24) is 0 Å². The molecular weight excluding hydrogens is 180 g/mol. The first-order valence-electron chi connectivity index (χ1n) is 4.10. The number of carboxylic acid groups (broad SMARTS) is 1. The van der Waals surface area contributed by atoms with Crippen LogP contribution in [0, 0.1) is 0 Å². The smallest absolute Gasteiger partial charge is 0.330 e. The van der Waals surface area contributed by atoms with E-state index in [0.717, 1.165) is 17.5 Å². The fourth-order valence-corrected chi connectivity index (χ4v) is 1.23. The monoisotopic (exact) mass is 188 g/mol. The second kappa shape index (κ2) is 3.33. The van der Waals surface area contributed by atoms with Gasteiger partial charge in [0.25, 0.3) is 0 Å². The van der Waals surface area contributed by atoms with Crippen molar-refractivity contribution in [3.05, 3.63) is 36.0 Å². The van der Waals surface area contributed by atoms with Gasteiger partial charge in [0.15, 0.2) is 0 Å². The Morgan fingerprint density at radius 2 is 2.21 bits per heavy atom. The fraction of sp³-hybridized carbons (Fsp3) is 0. The molecule has 0 saturated heterocycles. The van der Waals surface area contributed by atoms with Crippen molar-refractivity contribution in [1.29, 1.82) is 0 Å². The quantitative estimate of drug-likeness (QED) is 0.660. The third-order valence-electron chi connectivity index (χ3n) is 1.80. The summed E-state index contributed by atoms with van der Waals surface area (Å²) < 4.78 is 0. The number of carbonyl (C=O) groups is 1. The lowest BCUT2D eigenvalue weighted by molar-refractivity contribution is -0.131. The minimum Gasteiger partial charge on any atom is -0.478 e. The highest BCUT2D eigenvalue weighted by Crippen LogP contribution is 2.27. The Labute approximate surface area is 80.6 Å². The first-order chi connectivity index (χ1) is 6.75. The topological polar surface area (TPSA) is 61.7 Å². The van der Waals surface area contributed by atoms with Crippen molar-refractivity contribution in [3.8, 4) is 0 Å². The van der Waals surface area contributed by atoms with Gasteiger partial charge in [0.1, 0.15) is 0 Å². The van der Waals surface area contributed by atoms with E-state index < -0.39 is 5.97 Å². The van der Waals surface area contributed by atoms with Crippen LogP contribution in [0.5, 0.6) is 0 Å². The van der Waals surface area contributed by atoms with E-state index in [4.69, 9.17) is 5.11 Å². The van der Waals surface area contributed by atoms with E-state index in [-0.39, 0.29) is 0 Å². The number of aliphatic carboxylic acids is 1. The van der Waals surface area contributed by atoms with Crippen LogP contribution in [0.4, 0.5) is 11.4 Å². The van der Waals surface area contributed by atoms with Crippen molar-refractivity contribution in [2.45, 2.75) is 0 Å². The Hall–Kier alpha value is -2.10. The van der Waals surface area contributed by atoms with Crippen molar-refractivity contribution in [2.24, 2.45) is 4.99 Å². The van der Waals surface area contributed by atoms with Gasteiger partial charge in [-0.3, -0.25) is 4.99 Å². The molecule has 0 atom stereocenters. The second-order valence-electron chi connectivity index (χ2n) is 2.84. The van der Waals surface area contributed by atoms with Crippen LogP contribution >= 0.6 is 0 Å². The van der Waals surface area contributed by atoms with E-state index in [1.807, 2.05) is 24.3 Å². The average Bonchev–Trinajstić information content (AvgIpc) is 2.17. The van der Waals surface area contributed by atoms with Gasteiger partial charge in [0.05, 0.1) is 23.3 Å². The molecule has 0 unspecified atom stereocenters. The molecule has 14 heavy (non-hydrogen) atoms. The Bertz CT molecular complexity index is 436. The van der Waals surface area contributed by atoms with E-state index in [2.05, 4.69) is 10.3 Å². The third kappa shape index (κ3) is 1.64. The van der Waals surface area contributed by atoms with Crippen molar-refractivity contribution < 1.29 is 9.90 Å². The summed E-state index contributed by atoms with van der Waals surface area (Å²) in [4.78, 5) is 14.5. The highest BCUT2D eigenvalue weighted by atomic mass is 16.4. The maximum Gasteiger partial charge on any atom is 0.330 e. The van der Waals surface area contributed by atoms with Gasteiger partial charge < -0.3 is 10.4 Å². The normalized spacial score (nSPS) is 16.1. The van der Waals surface area contributed by atoms with E-state index >= 15 is 0 Å². The number of aliphatic imine (C=N–C) groups is 1. The Kier molecular flexibility index (Phi) is 2.02. The molecular formula is C10H8N2O2. The Balaban J connectivity index is 2.34. The largest absolute Gasteiger partial charge is 0.478 e. The number of fused-ring (bicyclic) bond motifs is 1. The number of anilines is 1. The molecule has 0 radical (unpaired) electrons. The summed E-state index contributed by atoms with van der Waals surface area (Å²) in [5.41, 5.74) is 2.12. The van der Waals surface area contributed by atoms with Gasteiger partial charge in [-0.1, -0.05) is 12.1 Å². The van der Waals surface area contributed by atoms with Crippen LogP contribution in [-0.2, 0) is 4.79 Å². The molecule has 1 heterocycles. The van der Waals surface area contributed by atoms with E-state index in [1.165, 1.54) is 6.21 Å². The number of rotatable bonds is 1. The summed E-state index contributed by atoms with van der Waals surface area (Å²) in [6, 6.07) is 7.45. The zero-order valence-corrected chi connectivity index (χ0v) is 7.27. The lowest BCUT2D eigenvalue weighted by Crippen LogP contribution is -2.07. The molecule has 1 aliphatic heterocycles. The van der Waals surface area contributed by atoms with Gasteiger partial charge >= 0.3 is 5.97 Å². The number of nitrogens with zero attached hydrogens (tertiary/aromatic N) is 1. The zero-order valence-electron chi connectivity index (χ0n) is 7.27. The maximum absolute atomic E-state index is 10.4. The molecule has 0 bridgehead atoms. The lowest BCUT2D eigenvalue weighted by Gasteiger charge is -2.13. The van der Waals surface area contributed by atoms with Crippen LogP contribution in [0.3, 0.4) is 0 Å². The van der Waals surface area contributed by atoms with Crippen LogP contribution in [-0.4, -0.2) is 17.3 Å². The molecule has 1 aromatic carbocycles. The van der Waals surface area contributed by atoms with Crippen molar-refractivity contribution >= 4 is 23.6 Å². The highest BCUT2D eigenvalue weighted by molar-refractivity contribution is 5.97. The summed E-state index contributed by atoms with van der Waals surface area (Å²) in [5.74, 6) is -0.988. The highest BCUT2D eigenvalue weighted by Gasteiger charge is 2.07. The molecule has 70 valence electrons. The molecule has 1 aromatic rings. The number of hydrogen-bond donors (Lipinski definition) is 2. The van der Waals surface area contributed by atoms with E-state index in [0.29, 0.717) is 5.70 Å². The van der Waals surface area contributed by atoms with Crippen molar-refractivity contribution in [2.75, 3.05) is 5.32 Å². The minimum absolute atomic E-state index is 0.483. The molecule has 2 N–H and O–H groups in total. The standard InChI is InChI=1S/C10H8N2O2/c13-10(14)5-7-6-11-8-3-1-2-4-9(8)12-7/h1-6,12H,(H,13,14). The molecule has 4 nitrogen and oxygen atoms in total. The molecule has 0 fully saturated rings. The first kappa shape index (κ1) is 8.50. The maximum atomic E-state index is 10.4. The van der Waals surface area contributed by atoms with Crippen LogP contribution < -0.4 is 5.32 Å². The van der Waals surface area contributed by atoms with Crippen LogP contribution in [0.25, 0.3) is 0 Å². The molecule has 0 aromatic heterocycles. The minimum atomic E-state index is -0.988. The summed E-state index contributed by atoms with van der Waals surface area (Å²) >= 11 is 0. The van der Waals surface area contributed by atoms with Crippen LogP contribution in [0.2, 0.25) is 0 Å². The van der Waals surface area contributed by atoms with E-state index in [9.17, 15) is 4.79 Å². The van der Waals surface area contributed by atoms with Crippen LogP contribution in [0.1, 0.15) is 0 Å². The lowest BCUT2D eigenvalue weighted by atomic mass is 10.2. The second-order valence-corrected chi connectivity index (χ2v) is 2.84.